The number of ether oxygens (including phenoxy) is 4. The van der Waals surface area contributed by atoms with Gasteiger partial charge in [-0.05, 0) is 49.2 Å². The summed E-state index contributed by atoms with van der Waals surface area (Å²) in [5.74, 6) is 3.09. The third-order valence-electron chi connectivity index (χ3n) is 5.76. The lowest BCUT2D eigenvalue weighted by molar-refractivity contribution is 0.0695. The molecule has 0 saturated carbocycles. The summed E-state index contributed by atoms with van der Waals surface area (Å²) in [4.78, 5) is 19.4. The van der Waals surface area contributed by atoms with Crippen LogP contribution in [-0.2, 0) is 0 Å². The molecule has 9 nitrogen and oxygen atoms in total. The van der Waals surface area contributed by atoms with Gasteiger partial charge in [-0.3, -0.25) is 4.79 Å². The smallest absolute Gasteiger partial charge is 0.253 e. The quantitative estimate of drug-likeness (QED) is 0.533. The molecule has 3 aromatic rings. The molecule has 0 unspecified atom stereocenters. The van der Waals surface area contributed by atoms with Crippen LogP contribution in [0.2, 0.25) is 0 Å². The number of methoxy groups -OCH3 is 4. The van der Waals surface area contributed by atoms with Crippen molar-refractivity contribution in [3.8, 4) is 34.4 Å². The van der Waals surface area contributed by atoms with E-state index in [0.29, 0.717) is 58.9 Å². The zero-order valence-corrected chi connectivity index (χ0v) is 19.2. The topological polar surface area (TPSA) is 96.2 Å². The van der Waals surface area contributed by atoms with E-state index in [1.54, 1.807) is 64.8 Å². The molecule has 0 N–H and O–H groups in total. The Morgan fingerprint density at radius 2 is 1.70 bits per heavy atom. The Morgan fingerprint density at radius 1 is 1.00 bits per heavy atom. The highest BCUT2D eigenvalue weighted by Crippen LogP contribution is 2.41. The number of likely N-dealkylation sites (tertiary alicyclic amines) is 1. The van der Waals surface area contributed by atoms with Crippen LogP contribution in [0.1, 0.15) is 35.0 Å². The lowest BCUT2D eigenvalue weighted by Gasteiger charge is -2.31. The fraction of sp³-hybridized carbons (Fsp3) is 0.375. The summed E-state index contributed by atoms with van der Waals surface area (Å²) in [5.41, 5.74) is 1.31. The van der Waals surface area contributed by atoms with E-state index >= 15 is 0 Å². The number of benzene rings is 2. The molecule has 4 rings (SSSR count). The summed E-state index contributed by atoms with van der Waals surface area (Å²) in [6.45, 7) is 1.21. The second kappa shape index (κ2) is 9.81. The van der Waals surface area contributed by atoms with Gasteiger partial charge in [-0.2, -0.15) is 4.98 Å². The van der Waals surface area contributed by atoms with Gasteiger partial charge in [-0.15, -0.1) is 0 Å². The van der Waals surface area contributed by atoms with Gasteiger partial charge in [0.25, 0.3) is 5.91 Å². The Bertz CT molecular complexity index is 1090. The fourth-order valence-corrected chi connectivity index (χ4v) is 4.01. The zero-order valence-electron chi connectivity index (χ0n) is 19.2. The predicted octanol–water partition coefficient (Wildman–Crippen LogP) is 3.79. The molecular weight excluding hydrogens is 426 g/mol. The molecule has 1 amide bonds. The summed E-state index contributed by atoms with van der Waals surface area (Å²) < 4.78 is 27.0. The Hall–Kier alpha value is -3.75. The van der Waals surface area contributed by atoms with Gasteiger partial charge in [0.2, 0.25) is 17.5 Å². The van der Waals surface area contributed by atoms with E-state index in [1.165, 1.54) is 0 Å². The first kappa shape index (κ1) is 22.4. The first-order valence-electron chi connectivity index (χ1n) is 10.6. The number of nitrogens with zero attached hydrogens (tertiary/aromatic N) is 3. The number of carbonyl (C=O) groups is 1. The average Bonchev–Trinajstić information content (AvgIpc) is 3.38. The number of hydrogen-bond donors (Lipinski definition) is 0. The molecule has 1 aliphatic heterocycles. The molecule has 174 valence electrons. The van der Waals surface area contributed by atoms with Crippen LogP contribution in [0, 0.1) is 0 Å². The van der Waals surface area contributed by atoms with Crippen LogP contribution in [0.4, 0.5) is 0 Å². The Balaban J connectivity index is 1.53. The summed E-state index contributed by atoms with van der Waals surface area (Å²) in [6.07, 6.45) is 1.72. The van der Waals surface area contributed by atoms with Crippen molar-refractivity contribution in [1.82, 2.24) is 15.0 Å². The maximum atomic E-state index is 13.0. The van der Waals surface area contributed by atoms with Gasteiger partial charge in [0.05, 0.1) is 34.4 Å². The number of piperidine rings is 1. The molecule has 0 radical (unpaired) electrons. The van der Waals surface area contributed by atoms with Gasteiger partial charge < -0.3 is 28.4 Å². The SMILES string of the molecule is COc1ccc(C(=O)N2CCC[C@H](c3nc(-c4cc(OC)c(OC)c(OC)c4)no3)C2)cc1. The predicted molar refractivity (Wildman–Crippen MR) is 120 cm³/mol. The van der Waals surface area contributed by atoms with Gasteiger partial charge in [0, 0.05) is 24.2 Å². The molecule has 1 fully saturated rings. The monoisotopic (exact) mass is 453 g/mol. The Morgan fingerprint density at radius 3 is 2.30 bits per heavy atom. The lowest BCUT2D eigenvalue weighted by Crippen LogP contribution is -2.39. The van der Waals surface area contributed by atoms with Crippen LogP contribution in [0.3, 0.4) is 0 Å². The molecule has 0 spiro atoms. The lowest BCUT2D eigenvalue weighted by atomic mass is 9.97. The first-order chi connectivity index (χ1) is 16.1. The maximum absolute atomic E-state index is 13.0. The highest BCUT2D eigenvalue weighted by atomic mass is 16.5. The van der Waals surface area contributed by atoms with E-state index < -0.39 is 0 Å². The molecule has 2 aromatic carbocycles. The van der Waals surface area contributed by atoms with Crippen molar-refractivity contribution in [1.29, 1.82) is 0 Å². The molecule has 9 heteroatoms. The van der Waals surface area contributed by atoms with Crippen LogP contribution in [0.5, 0.6) is 23.0 Å². The second-order valence-corrected chi connectivity index (χ2v) is 7.69. The molecule has 33 heavy (non-hydrogen) atoms. The maximum Gasteiger partial charge on any atom is 0.253 e. The van der Waals surface area contributed by atoms with Crippen molar-refractivity contribution >= 4 is 5.91 Å². The number of rotatable bonds is 7. The van der Waals surface area contributed by atoms with Crippen LogP contribution in [0.15, 0.2) is 40.9 Å². The van der Waals surface area contributed by atoms with Crippen molar-refractivity contribution < 1.29 is 28.3 Å². The number of aromatic nitrogens is 2. The summed E-state index contributed by atoms with van der Waals surface area (Å²) in [7, 11) is 6.26. The molecule has 0 bridgehead atoms. The minimum absolute atomic E-state index is 0.0216. The fourth-order valence-electron chi connectivity index (χ4n) is 4.01. The molecule has 2 heterocycles. The second-order valence-electron chi connectivity index (χ2n) is 7.69. The molecule has 1 atom stereocenters. The van der Waals surface area contributed by atoms with Gasteiger partial charge in [-0.1, -0.05) is 5.16 Å². The number of amides is 1. The third-order valence-corrected chi connectivity index (χ3v) is 5.76. The van der Waals surface area contributed by atoms with Gasteiger partial charge in [0.15, 0.2) is 11.5 Å². The van der Waals surface area contributed by atoms with Crippen molar-refractivity contribution in [2.45, 2.75) is 18.8 Å². The summed E-state index contributed by atoms with van der Waals surface area (Å²) in [6, 6.07) is 10.7. The van der Waals surface area contributed by atoms with E-state index in [4.69, 9.17) is 23.5 Å². The minimum Gasteiger partial charge on any atom is -0.497 e. The van der Waals surface area contributed by atoms with E-state index in [0.717, 1.165) is 12.8 Å². The van der Waals surface area contributed by atoms with Crippen molar-refractivity contribution in [3.63, 3.8) is 0 Å². The van der Waals surface area contributed by atoms with Crippen molar-refractivity contribution in [3.05, 3.63) is 47.9 Å². The van der Waals surface area contributed by atoms with Gasteiger partial charge in [0.1, 0.15) is 5.75 Å². The normalized spacial score (nSPS) is 15.8. The van der Waals surface area contributed by atoms with Crippen LogP contribution >= 0.6 is 0 Å². The third kappa shape index (κ3) is 4.57. The van der Waals surface area contributed by atoms with Crippen LogP contribution in [-0.4, -0.2) is 62.5 Å². The highest BCUT2D eigenvalue weighted by Gasteiger charge is 2.29. The van der Waals surface area contributed by atoms with E-state index in [1.807, 2.05) is 4.90 Å². The van der Waals surface area contributed by atoms with E-state index in [2.05, 4.69) is 10.1 Å². The number of hydrogen-bond acceptors (Lipinski definition) is 8. The largest absolute Gasteiger partial charge is 0.497 e. The minimum atomic E-state index is -0.0377. The standard InChI is InChI=1S/C24H27N3O6/c1-29-18-9-7-15(8-10-18)24(28)27-11-5-6-16(14-27)23-25-22(26-33-23)17-12-19(30-2)21(32-4)20(13-17)31-3/h7-10,12-13,16H,5-6,11,14H2,1-4H3/t16-/m0/s1. The van der Waals surface area contributed by atoms with Gasteiger partial charge in [-0.25, -0.2) is 0 Å². The summed E-state index contributed by atoms with van der Waals surface area (Å²) >= 11 is 0. The Kier molecular flexibility index (Phi) is 6.67. The van der Waals surface area contributed by atoms with Gasteiger partial charge >= 0.3 is 0 Å². The van der Waals surface area contributed by atoms with Crippen molar-refractivity contribution in [2.24, 2.45) is 0 Å². The molecule has 1 aliphatic rings. The van der Waals surface area contributed by atoms with E-state index in [9.17, 15) is 4.79 Å². The molecule has 1 saturated heterocycles. The summed E-state index contributed by atoms with van der Waals surface area (Å²) in [5, 5.41) is 4.16. The van der Waals surface area contributed by atoms with Crippen molar-refractivity contribution in [2.75, 3.05) is 41.5 Å². The highest BCUT2D eigenvalue weighted by molar-refractivity contribution is 5.94. The average molecular weight is 453 g/mol. The molecule has 1 aromatic heterocycles. The van der Waals surface area contributed by atoms with E-state index in [-0.39, 0.29) is 11.8 Å². The number of carbonyl (C=O) groups excluding carboxylic acids is 1. The Labute approximate surface area is 192 Å². The molecular formula is C24H27N3O6. The van der Waals surface area contributed by atoms with Crippen LogP contribution in [0.25, 0.3) is 11.4 Å². The van der Waals surface area contributed by atoms with Crippen LogP contribution < -0.4 is 18.9 Å². The first-order valence-corrected chi connectivity index (χ1v) is 10.6. The molecule has 0 aliphatic carbocycles. The zero-order chi connectivity index (χ0) is 23.4.